The van der Waals surface area contributed by atoms with Crippen molar-refractivity contribution in [1.82, 2.24) is 5.32 Å². The van der Waals surface area contributed by atoms with Crippen LogP contribution >= 0.6 is 0 Å². The van der Waals surface area contributed by atoms with Crippen LogP contribution in [0.2, 0.25) is 0 Å². The second kappa shape index (κ2) is 7.79. The Labute approximate surface area is 149 Å². The van der Waals surface area contributed by atoms with Crippen molar-refractivity contribution in [1.29, 1.82) is 0 Å². The Morgan fingerprint density at radius 2 is 1.69 bits per heavy atom. The maximum Gasteiger partial charge on any atom is 0.227 e. The Balaban J connectivity index is 1.53. The molecular weight excluding hydrogens is 338 g/mol. The molecule has 1 saturated heterocycles. The molecule has 26 heavy (non-hydrogen) atoms. The molecule has 3 rings (SSSR count). The number of halogens is 2. The van der Waals surface area contributed by atoms with Crippen molar-refractivity contribution in [3.63, 3.8) is 0 Å². The largest absolute Gasteiger partial charge is 0.345 e. The molecule has 1 heterocycles. The van der Waals surface area contributed by atoms with E-state index in [1.807, 2.05) is 0 Å². The predicted octanol–water partition coefficient (Wildman–Crippen LogP) is 2.49. The van der Waals surface area contributed by atoms with Crippen molar-refractivity contribution >= 4 is 17.5 Å². The number of carbonyl (C=O) groups excluding carboxylic acids is 2. The van der Waals surface area contributed by atoms with Crippen molar-refractivity contribution in [3.05, 3.63) is 65.7 Å². The van der Waals surface area contributed by atoms with Crippen molar-refractivity contribution in [2.75, 3.05) is 18.0 Å². The van der Waals surface area contributed by atoms with Crippen LogP contribution in [0.5, 0.6) is 0 Å². The van der Waals surface area contributed by atoms with Gasteiger partial charge in [-0.15, -0.1) is 0 Å². The number of hydrogen-bond acceptors (Lipinski definition) is 2. The summed E-state index contributed by atoms with van der Waals surface area (Å²) in [6.07, 6.45) is 0.106. The molecule has 1 aliphatic heterocycles. The average Bonchev–Trinajstić information content (AvgIpc) is 3.02. The van der Waals surface area contributed by atoms with Crippen LogP contribution in [0, 0.1) is 29.4 Å². The molecule has 0 bridgehead atoms. The maximum atomic E-state index is 13.0. The van der Waals surface area contributed by atoms with Crippen LogP contribution in [0.3, 0.4) is 0 Å². The van der Waals surface area contributed by atoms with Gasteiger partial charge < -0.3 is 10.2 Å². The second-order valence-corrected chi connectivity index (χ2v) is 5.91. The minimum Gasteiger partial charge on any atom is -0.345 e. The molecule has 2 aromatic rings. The third kappa shape index (κ3) is 4.25. The number of nitrogens with one attached hydrogen (secondary N) is 1. The quantitative estimate of drug-likeness (QED) is 0.861. The van der Waals surface area contributed by atoms with Gasteiger partial charge in [0, 0.05) is 24.2 Å². The summed E-state index contributed by atoms with van der Waals surface area (Å²) in [5, 5.41) is 2.68. The minimum absolute atomic E-state index is 0.106. The number of benzene rings is 2. The lowest BCUT2D eigenvalue weighted by molar-refractivity contribution is -0.126. The molecule has 1 N–H and O–H groups in total. The van der Waals surface area contributed by atoms with E-state index in [2.05, 4.69) is 17.2 Å². The SMILES string of the molecule is O=C(NCC#Cc1ccc(F)cc1)C1CC(=O)N(c2ccc(F)cc2)C1. The maximum absolute atomic E-state index is 13.0. The fourth-order valence-electron chi connectivity index (χ4n) is 2.71. The molecule has 4 nitrogen and oxygen atoms in total. The fourth-order valence-corrected chi connectivity index (χ4v) is 2.71. The van der Waals surface area contributed by atoms with Crippen LogP contribution in [-0.2, 0) is 9.59 Å². The van der Waals surface area contributed by atoms with E-state index in [1.165, 1.54) is 41.3 Å². The molecule has 0 spiro atoms. The first-order valence-electron chi connectivity index (χ1n) is 8.11. The zero-order chi connectivity index (χ0) is 18.5. The number of amides is 2. The molecule has 2 aromatic carbocycles. The van der Waals surface area contributed by atoms with Crippen LogP contribution in [0.25, 0.3) is 0 Å². The van der Waals surface area contributed by atoms with E-state index in [0.717, 1.165) is 0 Å². The van der Waals surface area contributed by atoms with Crippen molar-refractivity contribution in [2.45, 2.75) is 6.42 Å². The van der Waals surface area contributed by atoms with E-state index in [4.69, 9.17) is 0 Å². The highest BCUT2D eigenvalue weighted by molar-refractivity contribution is 6.00. The van der Waals surface area contributed by atoms with Gasteiger partial charge in [-0.3, -0.25) is 9.59 Å². The molecule has 2 amide bonds. The van der Waals surface area contributed by atoms with Crippen LogP contribution < -0.4 is 10.2 Å². The Morgan fingerprint density at radius 3 is 2.35 bits per heavy atom. The first kappa shape index (κ1) is 17.6. The molecule has 0 saturated carbocycles. The number of hydrogen-bond donors (Lipinski definition) is 1. The van der Waals surface area contributed by atoms with Crippen molar-refractivity contribution < 1.29 is 18.4 Å². The van der Waals surface area contributed by atoms with E-state index < -0.39 is 5.92 Å². The zero-order valence-corrected chi connectivity index (χ0v) is 13.8. The summed E-state index contributed by atoms with van der Waals surface area (Å²) in [7, 11) is 0. The van der Waals surface area contributed by atoms with Gasteiger partial charge in [0.2, 0.25) is 11.8 Å². The fraction of sp³-hybridized carbons (Fsp3) is 0.200. The predicted molar refractivity (Wildman–Crippen MR) is 93.1 cm³/mol. The average molecular weight is 354 g/mol. The molecule has 1 aliphatic rings. The second-order valence-electron chi connectivity index (χ2n) is 5.91. The van der Waals surface area contributed by atoms with Crippen LogP contribution in [0.1, 0.15) is 12.0 Å². The van der Waals surface area contributed by atoms with Crippen LogP contribution in [0.4, 0.5) is 14.5 Å². The van der Waals surface area contributed by atoms with Gasteiger partial charge in [0.25, 0.3) is 0 Å². The summed E-state index contributed by atoms with van der Waals surface area (Å²) in [5.74, 6) is 4.00. The number of carbonyl (C=O) groups is 2. The molecular formula is C20H16F2N2O2. The van der Waals surface area contributed by atoms with Gasteiger partial charge in [-0.05, 0) is 48.5 Å². The number of nitrogens with zero attached hydrogens (tertiary/aromatic N) is 1. The molecule has 0 radical (unpaired) electrons. The Hall–Kier alpha value is -3.20. The molecule has 0 aromatic heterocycles. The Kier molecular flexibility index (Phi) is 5.28. The highest BCUT2D eigenvalue weighted by atomic mass is 19.1. The molecule has 132 valence electrons. The summed E-state index contributed by atoms with van der Waals surface area (Å²) in [6.45, 7) is 0.388. The third-order valence-electron chi connectivity index (χ3n) is 4.06. The molecule has 6 heteroatoms. The summed E-state index contributed by atoms with van der Waals surface area (Å²) in [4.78, 5) is 25.8. The van der Waals surface area contributed by atoms with Gasteiger partial charge in [0.15, 0.2) is 0 Å². The first-order valence-corrected chi connectivity index (χ1v) is 8.11. The number of rotatable bonds is 3. The van der Waals surface area contributed by atoms with E-state index in [-0.39, 0.29) is 43.0 Å². The Bertz CT molecular complexity index is 867. The van der Waals surface area contributed by atoms with Gasteiger partial charge in [-0.1, -0.05) is 11.8 Å². The summed E-state index contributed by atoms with van der Waals surface area (Å²) < 4.78 is 25.8. The minimum atomic E-state index is -0.472. The molecule has 1 unspecified atom stereocenters. The monoisotopic (exact) mass is 354 g/mol. The van der Waals surface area contributed by atoms with Gasteiger partial charge in [0.1, 0.15) is 11.6 Å². The van der Waals surface area contributed by atoms with E-state index in [9.17, 15) is 18.4 Å². The highest BCUT2D eigenvalue weighted by Crippen LogP contribution is 2.25. The van der Waals surface area contributed by atoms with E-state index in [0.29, 0.717) is 11.3 Å². The summed E-state index contributed by atoms with van der Waals surface area (Å²) in [5.41, 5.74) is 1.22. The first-order chi connectivity index (χ1) is 12.5. The Morgan fingerprint density at radius 1 is 1.08 bits per heavy atom. The molecule has 1 fully saturated rings. The lowest BCUT2D eigenvalue weighted by Crippen LogP contribution is -2.33. The van der Waals surface area contributed by atoms with Crippen LogP contribution in [0.15, 0.2) is 48.5 Å². The zero-order valence-electron chi connectivity index (χ0n) is 13.8. The standard InChI is InChI=1S/C20H16F2N2O2/c21-16-5-3-14(4-6-16)2-1-11-23-20(26)15-12-19(25)24(13-15)18-9-7-17(22)8-10-18/h3-10,15H,11-13H2,(H,23,26). The lowest BCUT2D eigenvalue weighted by Gasteiger charge is -2.16. The van der Waals surface area contributed by atoms with E-state index in [1.54, 1.807) is 12.1 Å². The van der Waals surface area contributed by atoms with Gasteiger partial charge >= 0.3 is 0 Å². The lowest BCUT2D eigenvalue weighted by atomic mass is 10.1. The normalized spacial score (nSPS) is 16.2. The van der Waals surface area contributed by atoms with Gasteiger partial charge in [0.05, 0.1) is 12.5 Å². The molecule has 0 aliphatic carbocycles. The molecule has 1 atom stereocenters. The smallest absolute Gasteiger partial charge is 0.227 e. The van der Waals surface area contributed by atoms with Gasteiger partial charge in [-0.2, -0.15) is 0 Å². The summed E-state index contributed by atoms with van der Waals surface area (Å²) >= 11 is 0. The number of anilines is 1. The van der Waals surface area contributed by atoms with Crippen molar-refractivity contribution in [3.8, 4) is 11.8 Å². The summed E-state index contributed by atoms with van der Waals surface area (Å²) in [6, 6.07) is 11.3. The van der Waals surface area contributed by atoms with Gasteiger partial charge in [-0.25, -0.2) is 8.78 Å². The van der Waals surface area contributed by atoms with E-state index >= 15 is 0 Å². The third-order valence-corrected chi connectivity index (χ3v) is 4.06. The topological polar surface area (TPSA) is 49.4 Å². The van der Waals surface area contributed by atoms with Crippen molar-refractivity contribution in [2.24, 2.45) is 5.92 Å². The van der Waals surface area contributed by atoms with Crippen LogP contribution in [-0.4, -0.2) is 24.9 Å². The highest BCUT2D eigenvalue weighted by Gasteiger charge is 2.34.